The zero-order valence-corrected chi connectivity index (χ0v) is 19.7. The Morgan fingerprint density at radius 1 is 0.919 bits per heavy atom. The molecule has 12 heteroatoms. The molecule has 2 amide bonds. The molecule has 0 bridgehead atoms. The number of methoxy groups -OCH3 is 2. The average Bonchev–Trinajstić information content (AvgIpc) is 2.86. The van der Waals surface area contributed by atoms with Crippen LogP contribution in [0.5, 0.6) is 11.5 Å². The minimum atomic E-state index is -4.81. The third kappa shape index (κ3) is 6.83. The van der Waals surface area contributed by atoms with E-state index in [1.165, 1.54) is 14.2 Å². The van der Waals surface area contributed by atoms with Crippen LogP contribution in [0.25, 0.3) is 0 Å². The Balaban J connectivity index is 1.84. The van der Waals surface area contributed by atoms with Crippen molar-refractivity contribution in [2.24, 2.45) is 0 Å². The summed E-state index contributed by atoms with van der Waals surface area (Å²) in [7, 11) is 2.93. The molecule has 0 spiro atoms. The van der Waals surface area contributed by atoms with Gasteiger partial charge in [-0.25, -0.2) is 4.79 Å². The maximum absolute atomic E-state index is 13.7. The van der Waals surface area contributed by atoms with E-state index in [9.17, 15) is 31.1 Å². The maximum atomic E-state index is 13.7. The first-order valence-corrected chi connectivity index (χ1v) is 10.9. The van der Waals surface area contributed by atoms with Crippen LogP contribution in [-0.4, -0.2) is 31.8 Å². The number of benzene rings is 2. The molecule has 2 N–H and O–H groups in total. The molecule has 37 heavy (non-hydrogen) atoms. The quantitative estimate of drug-likeness (QED) is 0.365. The van der Waals surface area contributed by atoms with Gasteiger partial charge in [-0.1, -0.05) is 24.3 Å². The number of urea groups is 1. The number of carbonyl (C=O) groups excluding carboxylic acids is 1. The van der Waals surface area contributed by atoms with Crippen LogP contribution in [0.2, 0.25) is 0 Å². The van der Waals surface area contributed by atoms with Gasteiger partial charge < -0.3 is 20.1 Å². The van der Waals surface area contributed by atoms with Crippen molar-refractivity contribution in [2.75, 3.05) is 20.8 Å². The second-order valence-corrected chi connectivity index (χ2v) is 7.79. The van der Waals surface area contributed by atoms with E-state index in [0.717, 1.165) is 42.6 Å². The molecule has 0 aliphatic rings. The van der Waals surface area contributed by atoms with Gasteiger partial charge in [-0.05, 0) is 47.9 Å². The number of hydrogen-bond acceptors (Lipinski definition) is 4. The Hall–Kier alpha value is -3.96. The van der Waals surface area contributed by atoms with E-state index in [4.69, 9.17) is 9.47 Å². The molecule has 1 aromatic heterocycles. The highest BCUT2D eigenvalue weighted by Gasteiger charge is 2.37. The molecule has 3 aromatic rings. The number of nitrogens with one attached hydrogen (secondary N) is 2. The molecule has 3 rings (SSSR count). The third-order valence-corrected chi connectivity index (χ3v) is 5.43. The molecule has 0 saturated carbocycles. The number of nitrogens with zero attached hydrogens (tertiary/aromatic N) is 1. The minimum Gasteiger partial charge on any atom is -0.493 e. The summed E-state index contributed by atoms with van der Waals surface area (Å²) in [4.78, 5) is 16.5. The number of alkyl halides is 6. The van der Waals surface area contributed by atoms with Crippen LogP contribution in [0.1, 0.15) is 34.0 Å². The number of pyridine rings is 1. The Morgan fingerprint density at radius 3 is 2.22 bits per heavy atom. The number of carbonyl (C=O) groups is 1. The topological polar surface area (TPSA) is 72.5 Å². The second-order valence-electron chi connectivity index (χ2n) is 7.79. The van der Waals surface area contributed by atoms with Gasteiger partial charge in [0, 0.05) is 12.7 Å². The van der Waals surface area contributed by atoms with Crippen molar-refractivity contribution in [2.45, 2.75) is 24.8 Å². The zero-order chi connectivity index (χ0) is 27.2. The van der Waals surface area contributed by atoms with Crippen LogP contribution in [-0.2, 0) is 18.8 Å². The van der Waals surface area contributed by atoms with Gasteiger partial charge in [-0.15, -0.1) is 0 Å². The average molecular weight is 527 g/mol. The Labute approximate surface area is 208 Å². The van der Waals surface area contributed by atoms with Gasteiger partial charge in [0.2, 0.25) is 0 Å². The second kappa shape index (κ2) is 11.4. The van der Waals surface area contributed by atoms with E-state index in [1.807, 2.05) is 0 Å². The monoisotopic (exact) mass is 527 g/mol. The lowest BCUT2D eigenvalue weighted by Gasteiger charge is -2.23. The van der Waals surface area contributed by atoms with E-state index in [0.29, 0.717) is 23.5 Å². The number of halogens is 6. The highest BCUT2D eigenvalue weighted by molar-refractivity contribution is 5.75. The fraction of sp³-hybridized carbons (Fsp3) is 0.280. The van der Waals surface area contributed by atoms with Crippen LogP contribution in [0.3, 0.4) is 0 Å². The van der Waals surface area contributed by atoms with E-state index in [1.54, 1.807) is 18.2 Å². The molecule has 2 aromatic carbocycles. The largest absolute Gasteiger partial charge is 0.493 e. The van der Waals surface area contributed by atoms with Gasteiger partial charge in [0.05, 0.1) is 37.1 Å². The van der Waals surface area contributed by atoms with E-state index in [-0.39, 0.29) is 12.1 Å². The Bertz CT molecular complexity index is 1210. The lowest BCUT2D eigenvalue weighted by Crippen LogP contribution is -2.40. The normalized spacial score (nSPS) is 12.5. The van der Waals surface area contributed by atoms with Crippen LogP contribution in [0.4, 0.5) is 31.1 Å². The molecular weight excluding hydrogens is 504 g/mol. The summed E-state index contributed by atoms with van der Waals surface area (Å²) < 4.78 is 90.6. The molecule has 0 saturated heterocycles. The fourth-order valence-corrected chi connectivity index (χ4v) is 3.70. The smallest absolute Gasteiger partial charge is 0.418 e. The summed E-state index contributed by atoms with van der Waals surface area (Å²) in [6, 6.07) is 8.20. The predicted octanol–water partition coefficient (Wildman–Crippen LogP) is 5.77. The lowest BCUT2D eigenvalue weighted by molar-refractivity contribution is -0.139. The zero-order valence-electron chi connectivity index (χ0n) is 19.7. The van der Waals surface area contributed by atoms with E-state index < -0.39 is 41.2 Å². The van der Waals surface area contributed by atoms with Crippen molar-refractivity contribution in [1.29, 1.82) is 0 Å². The van der Waals surface area contributed by atoms with Gasteiger partial charge in [-0.3, -0.25) is 4.98 Å². The molecule has 0 fully saturated rings. The number of amides is 2. The molecule has 0 radical (unpaired) electrons. The van der Waals surface area contributed by atoms with Crippen LogP contribution >= 0.6 is 0 Å². The molecule has 0 aliphatic heterocycles. The van der Waals surface area contributed by atoms with Crippen LogP contribution in [0, 0.1) is 0 Å². The lowest BCUT2D eigenvalue weighted by atomic mass is 9.98. The van der Waals surface area contributed by atoms with Crippen molar-refractivity contribution in [3.8, 4) is 11.5 Å². The molecule has 198 valence electrons. The minimum absolute atomic E-state index is 0.0122. The number of hydrogen-bond donors (Lipinski definition) is 2. The van der Waals surface area contributed by atoms with Crippen LogP contribution in [0.15, 0.2) is 60.8 Å². The van der Waals surface area contributed by atoms with Crippen molar-refractivity contribution in [1.82, 2.24) is 15.6 Å². The van der Waals surface area contributed by atoms with Gasteiger partial charge in [-0.2, -0.15) is 26.3 Å². The summed E-state index contributed by atoms with van der Waals surface area (Å²) in [5, 5.41) is 4.96. The molecule has 0 aliphatic carbocycles. The van der Waals surface area contributed by atoms with Gasteiger partial charge in [0.15, 0.2) is 11.5 Å². The summed E-state index contributed by atoms with van der Waals surface area (Å²) in [6.07, 6.45) is -8.04. The molecule has 1 heterocycles. The molecule has 0 unspecified atom stereocenters. The van der Waals surface area contributed by atoms with Gasteiger partial charge >= 0.3 is 18.4 Å². The van der Waals surface area contributed by atoms with E-state index in [2.05, 4.69) is 15.6 Å². The molecular formula is C25H23F6N3O3. The third-order valence-electron chi connectivity index (χ3n) is 5.43. The summed E-state index contributed by atoms with van der Waals surface area (Å²) in [5.74, 6) is 0.958. The number of rotatable bonds is 8. The first kappa shape index (κ1) is 27.6. The predicted molar refractivity (Wildman–Crippen MR) is 122 cm³/mol. The number of ether oxygens (including phenoxy) is 2. The van der Waals surface area contributed by atoms with Crippen molar-refractivity contribution in [3.63, 3.8) is 0 Å². The summed E-state index contributed by atoms with van der Waals surface area (Å²) in [5.41, 5.74) is -1.96. The van der Waals surface area contributed by atoms with Crippen molar-refractivity contribution in [3.05, 3.63) is 88.7 Å². The fourth-order valence-electron chi connectivity index (χ4n) is 3.70. The highest BCUT2D eigenvalue weighted by Crippen LogP contribution is 2.36. The summed E-state index contributed by atoms with van der Waals surface area (Å²) in [6.45, 7) is 0.0729. The Morgan fingerprint density at radius 2 is 1.62 bits per heavy atom. The first-order chi connectivity index (χ1) is 17.5. The van der Waals surface area contributed by atoms with Crippen molar-refractivity contribution >= 4 is 6.03 Å². The number of aromatic nitrogens is 1. The number of para-hydroxylation sites is 1. The SMILES string of the molecule is COc1cccc(CCNC(=O)N[C@@H](c2ccc(C(F)(F)F)cc2)c2ncccc2C(F)(F)F)c1OC. The first-order valence-electron chi connectivity index (χ1n) is 10.9. The highest BCUT2D eigenvalue weighted by atomic mass is 19.4. The van der Waals surface area contributed by atoms with Gasteiger partial charge in [0.1, 0.15) is 0 Å². The standard InChI is InChI=1S/C25H23F6N3O3/c1-36-19-7-3-5-16(22(19)37-2)12-14-33-23(35)34-20(15-8-10-17(11-9-15)24(26,27)28)21-18(25(29,30)31)6-4-13-32-21/h3-11,13,20H,12,14H2,1-2H3,(H2,33,34,35)/t20-/m0/s1. The molecule has 6 nitrogen and oxygen atoms in total. The van der Waals surface area contributed by atoms with Crippen molar-refractivity contribution < 1.29 is 40.6 Å². The van der Waals surface area contributed by atoms with Gasteiger partial charge in [0.25, 0.3) is 0 Å². The molecule has 1 atom stereocenters. The summed E-state index contributed by atoms with van der Waals surface area (Å²) >= 11 is 0. The Kier molecular flexibility index (Phi) is 8.51. The maximum Gasteiger partial charge on any atom is 0.418 e. The van der Waals surface area contributed by atoms with E-state index >= 15 is 0 Å². The van der Waals surface area contributed by atoms with Crippen LogP contribution < -0.4 is 20.1 Å².